The van der Waals surface area contributed by atoms with Gasteiger partial charge in [-0.3, -0.25) is 9.59 Å². The van der Waals surface area contributed by atoms with E-state index in [2.05, 4.69) is 0 Å². The highest BCUT2D eigenvalue weighted by atomic mass is 16.5. The zero-order valence-electron chi connectivity index (χ0n) is 12.8. The Morgan fingerprint density at radius 1 is 1.41 bits per heavy atom. The van der Waals surface area contributed by atoms with E-state index in [9.17, 15) is 9.59 Å². The van der Waals surface area contributed by atoms with Gasteiger partial charge in [-0.25, -0.2) is 0 Å². The molecule has 1 saturated heterocycles. The molecule has 1 heterocycles. The summed E-state index contributed by atoms with van der Waals surface area (Å²) in [5, 5.41) is 8.83. The van der Waals surface area contributed by atoms with Crippen LogP contribution < -0.4 is 4.74 Å². The summed E-state index contributed by atoms with van der Waals surface area (Å²) < 4.78 is 10.5. The van der Waals surface area contributed by atoms with Crippen LogP contribution in [-0.4, -0.2) is 54.8 Å². The predicted molar refractivity (Wildman–Crippen MR) is 80.0 cm³/mol. The number of hydrogen-bond acceptors (Lipinski definition) is 4. The Morgan fingerprint density at radius 2 is 2.09 bits per heavy atom. The molecule has 1 aromatic rings. The highest BCUT2D eigenvalue weighted by molar-refractivity contribution is 5.83. The lowest BCUT2D eigenvalue weighted by Gasteiger charge is -2.34. The van der Waals surface area contributed by atoms with Gasteiger partial charge >= 0.3 is 5.97 Å². The highest BCUT2D eigenvalue weighted by Crippen LogP contribution is 2.22. The van der Waals surface area contributed by atoms with Crippen LogP contribution in [0.2, 0.25) is 0 Å². The third kappa shape index (κ3) is 3.98. The molecule has 0 aliphatic carbocycles. The largest absolute Gasteiger partial charge is 0.497 e. The van der Waals surface area contributed by atoms with Crippen molar-refractivity contribution in [2.45, 2.75) is 25.4 Å². The number of nitrogens with zero attached hydrogens (tertiary/aromatic N) is 1. The zero-order valence-corrected chi connectivity index (χ0v) is 12.8. The molecule has 6 heteroatoms. The van der Waals surface area contributed by atoms with E-state index in [1.807, 2.05) is 31.2 Å². The number of carbonyl (C=O) groups excluding carboxylic acids is 1. The summed E-state index contributed by atoms with van der Waals surface area (Å²) in [4.78, 5) is 25.0. The minimum Gasteiger partial charge on any atom is -0.497 e. The fourth-order valence-corrected chi connectivity index (χ4v) is 2.55. The van der Waals surface area contributed by atoms with Crippen molar-refractivity contribution in [3.05, 3.63) is 29.8 Å². The fraction of sp³-hybridized carbons (Fsp3) is 0.500. The monoisotopic (exact) mass is 307 g/mol. The maximum absolute atomic E-state index is 12.6. The second kappa shape index (κ2) is 7.26. The minimum atomic E-state index is -0.914. The van der Waals surface area contributed by atoms with Crippen LogP contribution in [0.3, 0.4) is 0 Å². The van der Waals surface area contributed by atoms with Crippen molar-refractivity contribution in [1.29, 1.82) is 0 Å². The number of aliphatic carboxylic acids is 1. The number of hydrogen-bond donors (Lipinski definition) is 1. The van der Waals surface area contributed by atoms with Crippen molar-refractivity contribution in [3.63, 3.8) is 0 Å². The van der Waals surface area contributed by atoms with E-state index in [0.29, 0.717) is 19.7 Å². The number of morpholine rings is 1. The fourth-order valence-electron chi connectivity index (χ4n) is 2.55. The molecule has 0 bridgehead atoms. The molecule has 2 rings (SSSR count). The van der Waals surface area contributed by atoms with Gasteiger partial charge in [0.1, 0.15) is 5.75 Å². The third-order valence-electron chi connectivity index (χ3n) is 3.84. The van der Waals surface area contributed by atoms with Crippen LogP contribution in [0.4, 0.5) is 0 Å². The second-order valence-electron chi connectivity index (χ2n) is 5.37. The number of carbonyl (C=O) groups is 2. The molecular formula is C16H21NO5. The Kier molecular flexibility index (Phi) is 5.38. The van der Waals surface area contributed by atoms with Crippen LogP contribution in [-0.2, 0) is 14.3 Å². The standard InChI is InChI=1S/C16H21NO5/c1-11(12-3-5-13(21-2)6-4-12)16(20)17-7-8-22-14(10-17)9-15(18)19/h3-6,11,14H,7-10H2,1-2H3,(H,18,19)/t11-,14+/m1/s1. The first kappa shape index (κ1) is 16.3. The summed E-state index contributed by atoms with van der Waals surface area (Å²) >= 11 is 0. The summed E-state index contributed by atoms with van der Waals surface area (Å²) in [5.74, 6) is -0.461. The molecule has 0 radical (unpaired) electrons. The van der Waals surface area contributed by atoms with Crippen molar-refractivity contribution in [3.8, 4) is 5.75 Å². The molecule has 120 valence electrons. The first-order chi connectivity index (χ1) is 10.5. The van der Waals surface area contributed by atoms with Gasteiger partial charge in [-0.2, -0.15) is 0 Å². The molecule has 0 saturated carbocycles. The number of benzene rings is 1. The summed E-state index contributed by atoms with van der Waals surface area (Å²) in [7, 11) is 1.60. The van der Waals surface area contributed by atoms with E-state index < -0.39 is 12.1 Å². The van der Waals surface area contributed by atoms with Gasteiger partial charge in [-0.1, -0.05) is 12.1 Å². The quantitative estimate of drug-likeness (QED) is 0.892. The summed E-state index contributed by atoms with van der Waals surface area (Å²) in [5.41, 5.74) is 0.909. The highest BCUT2D eigenvalue weighted by Gasteiger charge is 2.29. The summed E-state index contributed by atoms with van der Waals surface area (Å²) in [6.45, 7) is 3.05. The van der Waals surface area contributed by atoms with Crippen molar-refractivity contribution in [2.24, 2.45) is 0 Å². The number of amides is 1. The maximum atomic E-state index is 12.6. The van der Waals surface area contributed by atoms with Crippen LogP contribution in [0.25, 0.3) is 0 Å². The average molecular weight is 307 g/mol. The van der Waals surface area contributed by atoms with Crippen molar-refractivity contribution >= 4 is 11.9 Å². The lowest BCUT2D eigenvalue weighted by molar-refractivity contribution is -0.148. The zero-order chi connectivity index (χ0) is 16.1. The first-order valence-corrected chi connectivity index (χ1v) is 7.27. The molecule has 1 aliphatic rings. The number of rotatable bonds is 5. The summed E-state index contributed by atoms with van der Waals surface area (Å²) in [6, 6.07) is 7.39. The van der Waals surface area contributed by atoms with E-state index in [1.165, 1.54) is 0 Å². The molecule has 1 amide bonds. The Balaban J connectivity index is 2.01. The number of carboxylic acid groups (broad SMARTS) is 1. The van der Waals surface area contributed by atoms with Crippen molar-refractivity contribution in [2.75, 3.05) is 26.8 Å². The molecule has 1 aromatic carbocycles. The molecule has 0 aromatic heterocycles. The van der Waals surface area contributed by atoms with Crippen LogP contribution in [0.15, 0.2) is 24.3 Å². The lowest BCUT2D eigenvalue weighted by Crippen LogP contribution is -2.47. The molecule has 1 fully saturated rings. The van der Waals surface area contributed by atoms with Gasteiger partial charge in [0, 0.05) is 13.1 Å². The van der Waals surface area contributed by atoms with E-state index in [0.717, 1.165) is 11.3 Å². The second-order valence-corrected chi connectivity index (χ2v) is 5.37. The number of carboxylic acids is 1. The van der Waals surface area contributed by atoms with Gasteiger partial charge in [0.15, 0.2) is 0 Å². The maximum Gasteiger partial charge on any atom is 0.306 e. The van der Waals surface area contributed by atoms with Crippen molar-refractivity contribution < 1.29 is 24.2 Å². The number of methoxy groups -OCH3 is 1. The molecule has 0 spiro atoms. The van der Waals surface area contributed by atoms with Gasteiger partial charge < -0.3 is 19.5 Å². The predicted octanol–water partition coefficient (Wildman–Crippen LogP) is 1.50. The minimum absolute atomic E-state index is 0.0103. The van der Waals surface area contributed by atoms with Crippen LogP contribution in [0.5, 0.6) is 5.75 Å². The Hall–Kier alpha value is -2.08. The van der Waals surface area contributed by atoms with Crippen LogP contribution in [0, 0.1) is 0 Å². The smallest absolute Gasteiger partial charge is 0.306 e. The Labute approximate surface area is 129 Å². The molecule has 6 nitrogen and oxygen atoms in total. The summed E-state index contributed by atoms with van der Waals surface area (Å²) in [6.07, 6.45) is -0.515. The van der Waals surface area contributed by atoms with Crippen LogP contribution in [0.1, 0.15) is 24.8 Å². The van der Waals surface area contributed by atoms with Crippen molar-refractivity contribution in [1.82, 2.24) is 4.90 Å². The van der Waals surface area contributed by atoms with Gasteiger partial charge in [-0.15, -0.1) is 0 Å². The van der Waals surface area contributed by atoms with Gasteiger partial charge in [0.2, 0.25) is 5.91 Å². The first-order valence-electron chi connectivity index (χ1n) is 7.27. The van der Waals surface area contributed by atoms with E-state index in [-0.39, 0.29) is 18.2 Å². The molecular weight excluding hydrogens is 286 g/mol. The molecule has 1 N–H and O–H groups in total. The topological polar surface area (TPSA) is 76.1 Å². The molecule has 0 unspecified atom stereocenters. The number of ether oxygens (including phenoxy) is 2. The molecule has 22 heavy (non-hydrogen) atoms. The molecule has 1 aliphatic heterocycles. The van der Waals surface area contributed by atoms with E-state index in [1.54, 1.807) is 12.0 Å². The Morgan fingerprint density at radius 3 is 2.68 bits per heavy atom. The molecule has 2 atom stereocenters. The van der Waals surface area contributed by atoms with Crippen LogP contribution >= 0.6 is 0 Å². The average Bonchev–Trinajstić information content (AvgIpc) is 2.53. The van der Waals surface area contributed by atoms with E-state index >= 15 is 0 Å². The Bertz CT molecular complexity index is 528. The van der Waals surface area contributed by atoms with Gasteiger partial charge in [0.05, 0.1) is 32.2 Å². The lowest BCUT2D eigenvalue weighted by atomic mass is 9.99. The SMILES string of the molecule is COc1ccc([C@@H](C)C(=O)N2CCO[C@@H](CC(=O)O)C2)cc1. The van der Waals surface area contributed by atoms with Gasteiger partial charge in [-0.05, 0) is 24.6 Å². The van der Waals surface area contributed by atoms with E-state index in [4.69, 9.17) is 14.6 Å². The van der Waals surface area contributed by atoms with Gasteiger partial charge in [0.25, 0.3) is 0 Å². The normalized spacial score (nSPS) is 19.5. The third-order valence-corrected chi connectivity index (χ3v) is 3.84.